The summed E-state index contributed by atoms with van der Waals surface area (Å²) in [5.41, 5.74) is 0.0639. The van der Waals surface area contributed by atoms with E-state index >= 15 is 0 Å². The van der Waals surface area contributed by atoms with Gasteiger partial charge >= 0.3 is 18.0 Å². The molecule has 0 unspecified atom stereocenters. The Morgan fingerprint density at radius 1 is 1.11 bits per heavy atom. The summed E-state index contributed by atoms with van der Waals surface area (Å²) in [6, 6.07) is -0.204. The number of ether oxygens (including phenoxy) is 3. The standard InChI is InChI=1S/C20H37NO6Si/c1-14(2)12-15(17(22)25-6)13-16(21-19(24)27-20(3,4)5)18(23)26-10-11-28(7,8)9/h15-16H,1,10-13H2,2-9H3,(H,21,24)/t15-,16-/m0/s1. The quantitative estimate of drug-likeness (QED) is 0.252. The van der Waals surface area contributed by atoms with Crippen LogP contribution >= 0.6 is 0 Å². The fourth-order valence-electron chi connectivity index (χ4n) is 2.36. The van der Waals surface area contributed by atoms with Crippen molar-refractivity contribution in [3.8, 4) is 0 Å². The summed E-state index contributed by atoms with van der Waals surface area (Å²) in [6.45, 7) is 17.6. The molecule has 1 N–H and O–H groups in total. The van der Waals surface area contributed by atoms with Crippen LogP contribution in [-0.2, 0) is 23.8 Å². The summed E-state index contributed by atoms with van der Waals surface area (Å²) in [7, 11) is -0.0870. The molecule has 0 rings (SSSR count). The van der Waals surface area contributed by atoms with Crippen LogP contribution in [0.5, 0.6) is 0 Å². The second-order valence-corrected chi connectivity index (χ2v) is 14.9. The molecule has 162 valence electrons. The average Bonchev–Trinajstić information content (AvgIpc) is 2.48. The van der Waals surface area contributed by atoms with E-state index in [0.29, 0.717) is 6.42 Å². The highest BCUT2D eigenvalue weighted by Gasteiger charge is 2.32. The lowest BCUT2D eigenvalue weighted by atomic mass is 9.93. The lowest BCUT2D eigenvalue weighted by Gasteiger charge is -2.25. The van der Waals surface area contributed by atoms with E-state index in [4.69, 9.17) is 14.2 Å². The van der Waals surface area contributed by atoms with Crippen LogP contribution in [0.3, 0.4) is 0 Å². The molecule has 0 aliphatic carbocycles. The SMILES string of the molecule is C=C(C)C[C@@H](C[C@H](NC(=O)OC(C)(C)C)C(=O)OCC[Si](C)(C)C)C(=O)OC. The zero-order valence-electron chi connectivity index (χ0n) is 18.6. The fourth-order valence-corrected chi connectivity index (χ4v) is 3.07. The van der Waals surface area contributed by atoms with E-state index in [1.807, 2.05) is 0 Å². The first kappa shape index (κ1) is 26.2. The summed E-state index contributed by atoms with van der Waals surface area (Å²) >= 11 is 0. The Bertz CT molecular complexity index is 562. The van der Waals surface area contributed by atoms with Crippen LogP contribution in [-0.4, -0.2) is 51.5 Å². The predicted octanol–water partition coefficient (Wildman–Crippen LogP) is 3.91. The molecule has 8 heteroatoms. The molecule has 28 heavy (non-hydrogen) atoms. The second kappa shape index (κ2) is 11.2. The minimum Gasteiger partial charge on any atom is -0.469 e. The molecule has 0 saturated carbocycles. The predicted molar refractivity (Wildman–Crippen MR) is 112 cm³/mol. The molecular formula is C20H37NO6Si. The molecule has 0 aromatic heterocycles. The van der Waals surface area contributed by atoms with Crippen molar-refractivity contribution in [2.24, 2.45) is 5.92 Å². The van der Waals surface area contributed by atoms with Crippen molar-refractivity contribution >= 4 is 26.1 Å². The zero-order chi connectivity index (χ0) is 22.1. The van der Waals surface area contributed by atoms with Crippen LogP contribution in [0.4, 0.5) is 4.79 Å². The van der Waals surface area contributed by atoms with E-state index in [1.54, 1.807) is 27.7 Å². The van der Waals surface area contributed by atoms with Gasteiger partial charge in [-0.25, -0.2) is 9.59 Å². The minimum absolute atomic E-state index is 0.0462. The third-order valence-electron chi connectivity index (χ3n) is 3.72. The molecule has 7 nitrogen and oxygen atoms in total. The molecule has 2 atom stereocenters. The minimum atomic E-state index is -1.38. The van der Waals surface area contributed by atoms with Crippen molar-refractivity contribution < 1.29 is 28.6 Å². The van der Waals surface area contributed by atoms with E-state index in [9.17, 15) is 14.4 Å². The van der Waals surface area contributed by atoms with Gasteiger partial charge in [-0.1, -0.05) is 25.2 Å². The van der Waals surface area contributed by atoms with Gasteiger partial charge in [-0.3, -0.25) is 4.79 Å². The first-order valence-corrected chi connectivity index (χ1v) is 13.2. The molecule has 1 amide bonds. The van der Waals surface area contributed by atoms with Gasteiger partial charge in [-0.2, -0.15) is 0 Å². The van der Waals surface area contributed by atoms with E-state index in [2.05, 4.69) is 31.5 Å². The van der Waals surface area contributed by atoms with Crippen LogP contribution < -0.4 is 5.32 Å². The normalized spacial score (nSPS) is 13.9. The summed E-state index contributed by atoms with van der Waals surface area (Å²) in [5, 5.41) is 2.54. The van der Waals surface area contributed by atoms with Gasteiger partial charge < -0.3 is 19.5 Å². The van der Waals surface area contributed by atoms with Gasteiger partial charge in [0.2, 0.25) is 0 Å². The van der Waals surface area contributed by atoms with Crippen LogP contribution in [0, 0.1) is 5.92 Å². The number of hydrogen-bond donors (Lipinski definition) is 1. The first-order chi connectivity index (χ1) is 12.6. The third kappa shape index (κ3) is 12.5. The van der Waals surface area contributed by atoms with Crippen LogP contribution in [0.2, 0.25) is 25.7 Å². The van der Waals surface area contributed by atoms with Crippen molar-refractivity contribution in [1.82, 2.24) is 5.32 Å². The highest BCUT2D eigenvalue weighted by molar-refractivity contribution is 6.76. The van der Waals surface area contributed by atoms with Crippen molar-refractivity contribution in [2.45, 2.75) is 77.9 Å². The van der Waals surface area contributed by atoms with Gasteiger partial charge in [0.25, 0.3) is 0 Å². The van der Waals surface area contributed by atoms with Gasteiger partial charge in [-0.05, 0) is 46.6 Å². The Kier molecular flexibility index (Phi) is 10.5. The van der Waals surface area contributed by atoms with E-state index < -0.39 is 43.7 Å². The van der Waals surface area contributed by atoms with Crippen molar-refractivity contribution in [3.63, 3.8) is 0 Å². The number of carbonyl (C=O) groups excluding carboxylic acids is 3. The van der Waals surface area contributed by atoms with E-state index in [0.717, 1.165) is 11.6 Å². The summed E-state index contributed by atoms with van der Waals surface area (Å²) < 4.78 is 15.5. The number of amides is 1. The van der Waals surface area contributed by atoms with Gasteiger partial charge in [-0.15, -0.1) is 6.58 Å². The number of esters is 2. The maximum absolute atomic E-state index is 12.6. The number of rotatable bonds is 10. The number of methoxy groups -OCH3 is 1. The molecular weight excluding hydrogens is 378 g/mol. The molecule has 0 spiro atoms. The van der Waals surface area contributed by atoms with Crippen molar-refractivity contribution in [1.29, 1.82) is 0 Å². The number of alkyl carbamates (subject to hydrolysis) is 1. The van der Waals surface area contributed by atoms with Gasteiger partial charge in [0, 0.05) is 8.07 Å². The topological polar surface area (TPSA) is 90.9 Å². The Hall–Kier alpha value is -1.83. The molecule has 0 aliphatic rings. The molecule has 0 aromatic rings. The first-order valence-electron chi connectivity index (χ1n) is 9.53. The molecule has 0 aromatic carbocycles. The average molecular weight is 416 g/mol. The van der Waals surface area contributed by atoms with Crippen molar-refractivity contribution in [3.05, 3.63) is 12.2 Å². The maximum Gasteiger partial charge on any atom is 0.408 e. The van der Waals surface area contributed by atoms with Gasteiger partial charge in [0.15, 0.2) is 0 Å². The summed E-state index contributed by atoms with van der Waals surface area (Å²) in [6.07, 6.45) is -0.343. The van der Waals surface area contributed by atoms with Crippen LogP contribution in [0.25, 0.3) is 0 Å². The molecule has 0 fully saturated rings. The molecule has 0 heterocycles. The van der Waals surface area contributed by atoms with Gasteiger partial charge in [0.1, 0.15) is 11.6 Å². The summed E-state index contributed by atoms with van der Waals surface area (Å²) in [4.78, 5) is 36.9. The largest absolute Gasteiger partial charge is 0.469 e. The van der Waals surface area contributed by atoms with E-state index in [1.165, 1.54) is 7.11 Å². The van der Waals surface area contributed by atoms with Crippen LogP contribution in [0.15, 0.2) is 12.2 Å². The number of allylic oxidation sites excluding steroid dienone is 1. The Morgan fingerprint density at radius 2 is 1.68 bits per heavy atom. The smallest absolute Gasteiger partial charge is 0.408 e. The number of hydrogen-bond acceptors (Lipinski definition) is 6. The lowest BCUT2D eigenvalue weighted by Crippen LogP contribution is -2.46. The molecule has 0 saturated heterocycles. The number of carbonyl (C=O) groups is 3. The zero-order valence-corrected chi connectivity index (χ0v) is 19.6. The van der Waals surface area contributed by atoms with Crippen molar-refractivity contribution in [2.75, 3.05) is 13.7 Å². The number of nitrogens with one attached hydrogen (secondary N) is 1. The highest BCUT2D eigenvalue weighted by Crippen LogP contribution is 2.19. The maximum atomic E-state index is 12.6. The molecule has 0 aliphatic heterocycles. The van der Waals surface area contributed by atoms with Crippen LogP contribution in [0.1, 0.15) is 40.5 Å². The second-order valence-electron chi connectivity index (χ2n) is 9.29. The highest BCUT2D eigenvalue weighted by atomic mass is 28.3. The Labute approximate surface area is 170 Å². The van der Waals surface area contributed by atoms with E-state index in [-0.39, 0.29) is 13.0 Å². The Morgan fingerprint density at radius 3 is 2.11 bits per heavy atom. The Balaban J connectivity index is 5.28. The summed E-state index contributed by atoms with van der Waals surface area (Å²) in [5.74, 6) is -1.67. The fraction of sp³-hybridized carbons (Fsp3) is 0.750. The molecule has 0 radical (unpaired) electrons. The van der Waals surface area contributed by atoms with Gasteiger partial charge in [0.05, 0.1) is 19.6 Å². The lowest BCUT2D eigenvalue weighted by molar-refractivity contribution is -0.149. The monoisotopic (exact) mass is 415 g/mol. The molecule has 0 bridgehead atoms. The third-order valence-corrected chi connectivity index (χ3v) is 5.43.